The minimum Gasteiger partial charge on any atom is -0.505 e. The zero-order valence-corrected chi connectivity index (χ0v) is 22.5. The van der Waals surface area contributed by atoms with E-state index < -0.39 is 75.7 Å². The maximum absolute atomic E-state index is 13.9. The average molecular weight is 566 g/mol. The lowest BCUT2D eigenvalue weighted by molar-refractivity contribution is -0.175. The van der Waals surface area contributed by atoms with Crippen molar-refractivity contribution in [3.05, 3.63) is 47.5 Å². The van der Waals surface area contributed by atoms with Crippen LogP contribution in [0.5, 0.6) is 5.75 Å². The molecular weight excluding hydrogens is 538 g/mol. The Morgan fingerprint density at radius 1 is 1.07 bits per heavy atom. The highest BCUT2D eigenvalue weighted by Crippen LogP contribution is 2.52. The summed E-state index contributed by atoms with van der Waals surface area (Å²) in [5.41, 5.74) is 3.24. The minimum absolute atomic E-state index is 0.000875. The van der Waals surface area contributed by atoms with Gasteiger partial charge in [-0.15, -0.1) is 0 Å². The summed E-state index contributed by atoms with van der Waals surface area (Å²) in [5.74, 6) is -11.0. The second-order valence-electron chi connectivity index (χ2n) is 10.6. The van der Waals surface area contributed by atoms with E-state index >= 15 is 0 Å². The van der Waals surface area contributed by atoms with Gasteiger partial charge in [0, 0.05) is 37.0 Å². The van der Waals surface area contributed by atoms with Gasteiger partial charge >= 0.3 is 0 Å². The third kappa shape index (κ3) is 4.18. The third-order valence-electron chi connectivity index (χ3n) is 8.05. The van der Waals surface area contributed by atoms with Gasteiger partial charge in [0.1, 0.15) is 5.75 Å². The van der Waals surface area contributed by atoms with Gasteiger partial charge < -0.3 is 26.2 Å². The highest BCUT2D eigenvalue weighted by molar-refractivity contribution is 8.13. The molecule has 2 saturated carbocycles. The number of Topliss-reactive ketones (excluding diaryl/α,β-unsaturated/α-hetero) is 4. The molecule has 5 N–H and O–H groups in total. The molecule has 0 radical (unpaired) electrons. The second kappa shape index (κ2) is 9.86. The Balaban J connectivity index is 1.54. The van der Waals surface area contributed by atoms with Crippen LogP contribution in [0.4, 0.5) is 16.2 Å². The molecule has 0 spiro atoms. The van der Waals surface area contributed by atoms with Crippen LogP contribution >= 0.6 is 11.8 Å². The number of ketones is 4. The Morgan fingerprint density at radius 3 is 2.38 bits per heavy atom. The van der Waals surface area contributed by atoms with Crippen LogP contribution in [0.15, 0.2) is 41.3 Å². The number of aromatic hydroxyl groups is 1. The summed E-state index contributed by atoms with van der Waals surface area (Å²) in [6, 6.07) is 10.4. The standard InChI is InChI=1S/C28H27N3O8S/c1-31(2)17-11-16(30-27(38)40-14-6-4-3-5-7-14)22(33)20-15(17)9-12-8-13-10-18(32)21(26(29)37)25(36)28(13,39)24(35)19(12)23(20)34/h3-7,11-13,19,21,33,39H,8-10H2,1-2H3,(H2,29,37)(H,30,38)/t12-,13+,19?,21?,28+/m1/s1. The number of phenols is 1. The number of carbonyl (C=O) groups is 6. The topological polar surface area (TPSA) is 184 Å². The van der Waals surface area contributed by atoms with E-state index in [0.29, 0.717) is 16.1 Å². The van der Waals surface area contributed by atoms with Crippen molar-refractivity contribution in [3.63, 3.8) is 0 Å². The number of thioether (sulfide) groups is 1. The molecule has 0 heterocycles. The number of aliphatic hydroxyl groups is 1. The molecule has 0 aliphatic heterocycles. The van der Waals surface area contributed by atoms with Gasteiger partial charge in [-0.1, -0.05) is 18.2 Å². The van der Waals surface area contributed by atoms with E-state index in [0.717, 1.165) is 11.8 Å². The fourth-order valence-electron chi connectivity index (χ4n) is 6.24. The lowest BCUT2D eigenvalue weighted by Gasteiger charge is -2.48. The van der Waals surface area contributed by atoms with Gasteiger partial charge in [0.05, 0.1) is 17.2 Å². The van der Waals surface area contributed by atoms with Crippen molar-refractivity contribution in [1.29, 1.82) is 0 Å². The molecule has 3 aliphatic carbocycles. The molecule has 5 rings (SSSR count). The van der Waals surface area contributed by atoms with Crippen LogP contribution in [0.25, 0.3) is 0 Å². The van der Waals surface area contributed by atoms with Gasteiger partial charge in [-0.3, -0.25) is 28.8 Å². The molecule has 0 saturated heterocycles. The number of hydrogen-bond acceptors (Lipinski definition) is 10. The summed E-state index contributed by atoms with van der Waals surface area (Å²) in [4.78, 5) is 80.1. The van der Waals surface area contributed by atoms with Gasteiger partial charge in [0.25, 0.3) is 5.24 Å². The van der Waals surface area contributed by atoms with Crippen molar-refractivity contribution in [2.24, 2.45) is 29.4 Å². The van der Waals surface area contributed by atoms with Crippen LogP contribution in [0.1, 0.15) is 28.8 Å². The largest absolute Gasteiger partial charge is 0.505 e. The molecule has 208 valence electrons. The quantitative estimate of drug-likeness (QED) is 0.242. The summed E-state index contributed by atoms with van der Waals surface area (Å²) in [6.07, 6.45) is -0.262. The third-order valence-corrected chi connectivity index (χ3v) is 8.85. The highest BCUT2D eigenvalue weighted by Gasteiger charge is 2.66. The number of hydrogen-bond donors (Lipinski definition) is 4. The van der Waals surface area contributed by atoms with Crippen LogP contribution in [-0.2, 0) is 25.6 Å². The summed E-state index contributed by atoms with van der Waals surface area (Å²) in [7, 11) is 3.45. The molecule has 0 bridgehead atoms. The zero-order chi connectivity index (χ0) is 29.1. The van der Waals surface area contributed by atoms with Crippen LogP contribution in [-0.4, -0.2) is 64.2 Å². The monoisotopic (exact) mass is 565 g/mol. The molecule has 5 atom stereocenters. The Hall–Kier alpha value is -4.03. The number of fused-ring (bicyclic) bond motifs is 3. The summed E-state index contributed by atoms with van der Waals surface area (Å²) in [5, 5.41) is 24.6. The number of nitrogens with zero attached hydrogens (tertiary/aromatic N) is 1. The fourth-order valence-corrected chi connectivity index (χ4v) is 6.91. The zero-order valence-electron chi connectivity index (χ0n) is 21.7. The molecule has 2 amide bonds. The first-order chi connectivity index (χ1) is 18.9. The number of benzene rings is 2. The molecule has 12 heteroatoms. The Morgan fingerprint density at radius 2 is 1.75 bits per heavy atom. The Labute approximate surface area is 233 Å². The lowest BCUT2D eigenvalue weighted by Crippen LogP contribution is -2.68. The van der Waals surface area contributed by atoms with Crippen molar-refractivity contribution in [2.45, 2.75) is 29.8 Å². The Kier molecular flexibility index (Phi) is 6.79. The molecule has 2 aromatic rings. The van der Waals surface area contributed by atoms with Crippen LogP contribution in [0.2, 0.25) is 0 Å². The van der Waals surface area contributed by atoms with E-state index in [9.17, 15) is 39.0 Å². The van der Waals surface area contributed by atoms with E-state index in [2.05, 4.69) is 5.32 Å². The smallest absolute Gasteiger partial charge is 0.288 e. The first kappa shape index (κ1) is 27.5. The van der Waals surface area contributed by atoms with E-state index in [4.69, 9.17) is 5.73 Å². The number of rotatable bonds is 4. The van der Waals surface area contributed by atoms with Crippen molar-refractivity contribution >= 4 is 57.4 Å². The minimum atomic E-state index is -2.72. The number of anilines is 2. The second-order valence-corrected chi connectivity index (χ2v) is 11.7. The van der Waals surface area contributed by atoms with Crippen LogP contribution < -0.4 is 16.0 Å². The first-order valence-electron chi connectivity index (χ1n) is 12.6. The van der Waals surface area contributed by atoms with Gasteiger partial charge in [-0.25, -0.2) is 0 Å². The van der Waals surface area contributed by atoms with Crippen molar-refractivity contribution in [1.82, 2.24) is 0 Å². The maximum atomic E-state index is 13.9. The van der Waals surface area contributed by atoms with Crippen molar-refractivity contribution < 1.29 is 39.0 Å². The van der Waals surface area contributed by atoms with Gasteiger partial charge in [0.2, 0.25) is 5.91 Å². The van der Waals surface area contributed by atoms with E-state index in [-0.39, 0.29) is 24.1 Å². The summed E-state index contributed by atoms with van der Waals surface area (Å²) in [6.45, 7) is 0. The van der Waals surface area contributed by atoms with E-state index in [1.54, 1.807) is 49.3 Å². The molecule has 0 aromatic heterocycles. The Bertz CT molecular complexity index is 1490. The van der Waals surface area contributed by atoms with Gasteiger partial charge in [-0.05, 0) is 54.3 Å². The average Bonchev–Trinajstić information content (AvgIpc) is 2.88. The van der Waals surface area contributed by atoms with E-state index in [1.807, 2.05) is 0 Å². The fraction of sp³-hybridized carbons (Fsp3) is 0.357. The first-order valence-corrected chi connectivity index (χ1v) is 13.4. The van der Waals surface area contributed by atoms with E-state index in [1.165, 1.54) is 6.07 Å². The number of nitrogens with two attached hydrogens (primary N) is 1. The summed E-state index contributed by atoms with van der Waals surface area (Å²) >= 11 is 0.883. The highest BCUT2D eigenvalue weighted by atomic mass is 32.2. The predicted molar refractivity (Wildman–Crippen MR) is 144 cm³/mol. The molecule has 2 fully saturated rings. The number of phenolic OH excluding ortho intramolecular Hbond substituents is 1. The normalized spacial score (nSPS) is 27.4. The number of carbonyl (C=O) groups excluding carboxylic acids is 6. The number of primary amides is 1. The number of nitrogens with one attached hydrogen (secondary N) is 1. The molecule has 3 aliphatic rings. The molecule has 11 nitrogen and oxygen atoms in total. The number of amides is 2. The molecule has 40 heavy (non-hydrogen) atoms. The molecular formula is C28H27N3O8S. The molecule has 2 unspecified atom stereocenters. The molecule has 2 aromatic carbocycles. The van der Waals surface area contributed by atoms with Crippen LogP contribution in [0, 0.1) is 23.7 Å². The summed E-state index contributed by atoms with van der Waals surface area (Å²) < 4.78 is 0. The van der Waals surface area contributed by atoms with Gasteiger partial charge in [0.15, 0.2) is 34.7 Å². The predicted octanol–water partition coefficient (Wildman–Crippen LogP) is 1.72. The SMILES string of the molecule is CN(C)c1cc(NC(=O)Sc2ccccc2)c(O)c2c1C[C@H]1C[C@H]3CC(=O)C(C(N)=O)C(=O)[C@@]3(O)C(=O)C1C2=O. The van der Waals surface area contributed by atoms with Crippen molar-refractivity contribution in [3.8, 4) is 5.75 Å². The lowest BCUT2D eigenvalue weighted by atomic mass is 9.53. The van der Waals surface area contributed by atoms with Crippen molar-refractivity contribution in [2.75, 3.05) is 24.3 Å². The van der Waals surface area contributed by atoms with Gasteiger partial charge in [-0.2, -0.15) is 0 Å². The maximum Gasteiger partial charge on any atom is 0.288 e. The van der Waals surface area contributed by atoms with Crippen LogP contribution in [0.3, 0.4) is 0 Å².